The highest BCUT2D eigenvalue weighted by molar-refractivity contribution is 5.64. The van der Waals surface area contributed by atoms with E-state index in [9.17, 15) is 10.1 Å². The fourth-order valence-corrected chi connectivity index (χ4v) is 1.50. The highest BCUT2D eigenvalue weighted by Crippen LogP contribution is 2.26. The van der Waals surface area contributed by atoms with Gasteiger partial charge in [-0.25, -0.2) is 0 Å². The molecule has 2 N–H and O–H groups in total. The SMILES string of the molecule is CNc1cc(N(C)CCCO)cc([N+](=O)[O-])c1. The lowest BCUT2D eigenvalue weighted by Gasteiger charge is -2.19. The molecule has 0 amide bonds. The summed E-state index contributed by atoms with van der Waals surface area (Å²) in [7, 11) is 3.56. The van der Waals surface area contributed by atoms with E-state index in [1.165, 1.54) is 12.1 Å². The Kier molecular flexibility index (Phi) is 4.71. The summed E-state index contributed by atoms with van der Waals surface area (Å²) in [5.41, 5.74) is 1.52. The van der Waals surface area contributed by atoms with Crippen molar-refractivity contribution in [3.05, 3.63) is 28.3 Å². The van der Waals surface area contributed by atoms with Crippen molar-refractivity contribution in [2.75, 3.05) is 37.5 Å². The van der Waals surface area contributed by atoms with Crippen molar-refractivity contribution in [1.82, 2.24) is 0 Å². The summed E-state index contributed by atoms with van der Waals surface area (Å²) in [5.74, 6) is 0. The lowest BCUT2D eigenvalue weighted by molar-refractivity contribution is -0.384. The van der Waals surface area contributed by atoms with Gasteiger partial charge in [-0.05, 0) is 12.5 Å². The third-order valence-corrected chi connectivity index (χ3v) is 2.49. The first-order valence-electron chi connectivity index (χ1n) is 5.37. The first-order valence-corrected chi connectivity index (χ1v) is 5.37. The van der Waals surface area contributed by atoms with E-state index in [-0.39, 0.29) is 12.3 Å². The Morgan fingerprint density at radius 1 is 1.47 bits per heavy atom. The van der Waals surface area contributed by atoms with Crippen LogP contribution < -0.4 is 10.2 Å². The maximum Gasteiger partial charge on any atom is 0.273 e. The first-order chi connectivity index (χ1) is 8.08. The van der Waals surface area contributed by atoms with Crippen LogP contribution in [0.4, 0.5) is 17.1 Å². The molecular weight excluding hydrogens is 222 g/mol. The highest BCUT2D eigenvalue weighted by atomic mass is 16.6. The van der Waals surface area contributed by atoms with Gasteiger partial charge in [-0.3, -0.25) is 10.1 Å². The Bertz CT molecular complexity index is 396. The fraction of sp³-hybridized carbons (Fsp3) is 0.455. The Morgan fingerprint density at radius 2 is 2.18 bits per heavy atom. The van der Waals surface area contributed by atoms with Crippen molar-refractivity contribution in [3.8, 4) is 0 Å². The third kappa shape index (κ3) is 3.60. The van der Waals surface area contributed by atoms with Crippen molar-refractivity contribution < 1.29 is 10.0 Å². The third-order valence-electron chi connectivity index (χ3n) is 2.49. The lowest BCUT2D eigenvalue weighted by Crippen LogP contribution is -2.19. The van der Waals surface area contributed by atoms with E-state index in [1.807, 2.05) is 18.0 Å². The van der Waals surface area contributed by atoms with Gasteiger partial charge in [-0.2, -0.15) is 0 Å². The number of nitrogens with zero attached hydrogens (tertiary/aromatic N) is 2. The number of benzene rings is 1. The van der Waals surface area contributed by atoms with Crippen LogP contribution in [0, 0.1) is 10.1 Å². The summed E-state index contributed by atoms with van der Waals surface area (Å²) in [6.45, 7) is 0.763. The van der Waals surface area contributed by atoms with Gasteiger partial charge in [0.1, 0.15) is 0 Å². The van der Waals surface area contributed by atoms with Gasteiger partial charge in [0, 0.05) is 50.8 Å². The van der Waals surface area contributed by atoms with Crippen LogP contribution in [0.3, 0.4) is 0 Å². The molecule has 0 bridgehead atoms. The first kappa shape index (κ1) is 13.2. The topological polar surface area (TPSA) is 78.6 Å². The minimum Gasteiger partial charge on any atom is -0.396 e. The van der Waals surface area contributed by atoms with Crippen LogP contribution in [0.5, 0.6) is 0 Å². The molecule has 0 unspecified atom stereocenters. The van der Waals surface area contributed by atoms with Crippen LogP contribution in [-0.4, -0.2) is 37.3 Å². The second kappa shape index (κ2) is 6.05. The maximum atomic E-state index is 10.8. The van der Waals surface area contributed by atoms with Crippen molar-refractivity contribution in [2.45, 2.75) is 6.42 Å². The zero-order chi connectivity index (χ0) is 12.8. The number of nitrogens with one attached hydrogen (secondary N) is 1. The highest BCUT2D eigenvalue weighted by Gasteiger charge is 2.11. The van der Waals surface area contributed by atoms with E-state index < -0.39 is 4.92 Å². The van der Waals surface area contributed by atoms with Crippen molar-refractivity contribution in [3.63, 3.8) is 0 Å². The van der Waals surface area contributed by atoms with Crippen LogP contribution >= 0.6 is 0 Å². The molecule has 94 valence electrons. The molecule has 0 heterocycles. The van der Waals surface area contributed by atoms with Gasteiger partial charge in [-0.15, -0.1) is 0 Å². The van der Waals surface area contributed by atoms with E-state index in [1.54, 1.807) is 7.05 Å². The number of rotatable bonds is 6. The van der Waals surface area contributed by atoms with Crippen LogP contribution in [-0.2, 0) is 0 Å². The molecule has 0 atom stereocenters. The molecule has 0 spiro atoms. The molecule has 0 radical (unpaired) electrons. The van der Waals surface area contributed by atoms with Crippen molar-refractivity contribution in [2.24, 2.45) is 0 Å². The monoisotopic (exact) mass is 239 g/mol. The van der Waals surface area contributed by atoms with Gasteiger partial charge in [0.05, 0.1) is 4.92 Å². The number of non-ortho nitro benzene ring substituents is 1. The second-order valence-electron chi connectivity index (χ2n) is 3.74. The van der Waals surface area contributed by atoms with Crippen molar-refractivity contribution >= 4 is 17.1 Å². The molecule has 17 heavy (non-hydrogen) atoms. The molecule has 0 saturated heterocycles. The molecule has 0 aliphatic rings. The molecular formula is C11H17N3O3. The molecule has 6 nitrogen and oxygen atoms in total. The zero-order valence-electron chi connectivity index (χ0n) is 10.0. The van der Waals surface area contributed by atoms with Crippen molar-refractivity contribution in [1.29, 1.82) is 0 Å². The minimum absolute atomic E-state index is 0.0581. The summed E-state index contributed by atoms with van der Waals surface area (Å²) in [4.78, 5) is 12.2. The average molecular weight is 239 g/mol. The molecule has 1 aromatic carbocycles. The van der Waals surface area contributed by atoms with E-state index in [0.29, 0.717) is 18.7 Å². The van der Waals surface area contributed by atoms with E-state index in [0.717, 1.165) is 5.69 Å². The molecule has 0 fully saturated rings. The van der Waals surface area contributed by atoms with Gasteiger partial charge in [0.15, 0.2) is 0 Å². The van der Waals surface area contributed by atoms with Gasteiger partial charge < -0.3 is 15.3 Å². The zero-order valence-corrected chi connectivity index (χ0v) is 10.0. The van der Waals surface area contributed by atoms with Gasteiger partial charge in [0.25, 0.3) is 5.69 Å². The predicted molar refractivity (Wildman–Crippen MR) is 67.6 cm³/mol. The molecule has 1 aromatic rings. The summed E-state index contributed by atoms with van der Waals surface area (Å²) in [6, 6.07) is 4.85. The van der Waals surface area contributed by atoms with Crippen LogP contribution in [0.25, 0.3) is 0 Å². The summed E-state index contributed by atoms with van der Waals surface area (Å²) < 4.78 is 0. The Balaban J connectivity index is 2.97. The number of aliphatic hydroxyl groups is 1. The molecule has 0 saturated carbocycles. The second-order valence-corrected chi connectivity index (χ2v) is 3.74. The molecule has 0 aliphatic heterocycles. The summed E-state index contributed by atoms with van der Waals surface area (Å²) in [5, 5.41) is 22.4. The quantitative estimate of drug-likeness (QED) is 0.580. The standard InChI is InChI=1S/C11H17N3O3/c1-12-9-6-10(13(2)4-3-5-15)8-11(7-9)14(16)17/h6-8,12,15H,3-5H2,1-2H3. The molecule has 0 aliphatic carbocycles. The number of nitro benzene ring substituents is 1. The normalized spacial score (nSPS) is 10.1. The van der Waals surface area contributed by atoms with Crippen LogP contribution in [0.1, 0.15) is 6.42 Å². The smallest absolute Gasteiger partial charge is 0.273 e. The Labute approximate surface area is 100 Å². The van der Waals surface area contributed by atoms with Gasteiger partial charge >= 0.3 is 0 Å². The largest absolute Gasteiger partial charge is 0.396 e. The number of hydrogen-bond donors (Lipinski definition) is 2. The number of nitro groups is 1. The number of anilines is 2. The predicted octanol–water partition coefficient (Wildman–Crippen LogP) is 1.46. The molecule has 0 aromatic heterocycles. The summed E-state index contributed by atoms with van der Waals surface area (Å²) >= 11 is 0. The van der Waals surface area contributed by atoms with E-state index >= 15 is 0 Å². The van der Waals surface area contributed by atoms with E-state index in [2.05, 4.69) is 5.32 Å². The maximum absolute atomic E-state index is 10.8. The Hall–Kier alpha value is -1.82. The van der Waals surface area contributed by atoms with Crippen LogP contribution in [0.2, 0.25) is 0 Å². The van der Waals surface area contributed by atoms with Crippen LogP contribution in [0.15, 0.2) is 18.2 Å². The fourth-order valence-electron chi connectivity index (χ4n) is 1.50. The minimum atomic E-state index is -0.412. The number of aliphatic hydroxyl groups excluding tert-OH is 1. The molecule has 1 rings (SSSR count). The van der Waals surface area contributed by atoms with Gasteiger partial charge in [-0.1, -0.05) is 0 Å². The average Bonchev–Trinajstić information content (AvgIpc) is 2.35. The number of hydrogen-bond acceptors (Lipinski definition) is 5. The molecule has 6 heteroatoms. The Morgan fingerprint density at radius 3 is 2.71 bits per heavy atom. The van der Waals surface area contributed by atoms with E-state index in [4.69, 9.17) is 5.11 Å². The summed E-state index contributed by atoms with van der Waals surface area (Å²) in [6.07, 6.45) is 0.633. The lowest BCUT2D eigenvalue weighted by atomic mass is 10.2. The van der Waals surface area contributed by atoms with Gasteiger partial charge in [0.2, 0.25) is 0 Å².